The van der Waals surface area contributed by atoms with Crippen LogP contribution in [0.2, 0.25) is 0 Å². The van der Waals surface area contributed by atoms with Crippen molar-refractivity contribution in [3.63, 3.8) is 0 Å². The molecule has 0 bridgehead atoms. The number of rotatable bonds is 10. The van der Waals surface area contributed by atoms with Crippen molar-refractivity contribution in [2.24, 2.45) is 5.10 Å². The lowest BCUT2D eigenvalue weighted by atomic mass is 10.1. The Morgan fingerprint density at radius 1 is 0.969 bits per heavy atom. The molecule has 0 fully saturated rings. The molecule has 0 saturated heterocycles. The number of hydrazone groups is 1. The van der Waals surface area contributed by atoms with Crippen molar-refractivity contribution in [1.29, 1.82) is 0 Å². The van der Waals surface area contributed by atoms with E-state index in [-0.39, 0.29) is 5.91 Å². The smallest absolute Gasteiger partial charge is 0.271 e. The molecule has 0 unspecified atom stereocenters. The summed E-state index contributed by atoms with van der Waals surface area (Å²) in [6.07, 6.45) is 5.39. The molecule has 32 heavy (non-hydrogen) atoms. The van der Waals surface area contributed by atoms with Crippen molar-refractivity contribution in [3.05, 3.63) is 83.2 Å². The first kappa shape index (κ1) is 22.8. The number of pyridine rings is 1. The number of benzene rings is 2. The quantitative estimate of drug-likeness (QED) is 0.293. The second-order valence-corrected chi connectivity index (χ2v) is 7.22. The molecule has 0 saturated carbocycles. The zero-order valence-corrected chi connectivity index (χ0v) is 18.5. The Morgan fingerprint density at radius 3 is 2.41 bits per heavy atom. The van der Waals surface area contributed by atoms with Crippen LogP contribution in [0.4, 0.5) is 0 Å². The number of hydrogen-bond acceptors (Lipinski definition) is 6. The minimum absolute atomic E-state index is 0.307. The van der Waals surface area contributed by atoms with Crippen molar-refractivity contribution in [1.82, 2.24) is 10.4 Å². The monoisotopic (exact) mass is 433 g/mol. The van der Waals surface area contributed by atoms with E-state index < -0.39 is 0 Å². The van der Waals surface area contributed by atoms with E-state index in [2.05, 4.69) is 35.4 Å². The molecule has 1 N–H and O–H groups in total. The van der Waals surface area contributed by atoms with E-state index in [1.165, 1.54) is 11.1 Å². The van der Waals surface area contributed by atoms with Crippen molar-refractivity contribution >= 4 is 12.1 Å². The van der Waals surface area contributed by atoms with Crippen LogP contribution in [0, 0.1) is 13.8 Å². The van der Waals surface area contributed by atoms with Gasteiger partial charge in [-0.1, -0.05) is 6.07 Å². The summed E-state index contributed by atoms with van der Waals surface area (Å²) < 4.78 is 17.1. The predicted molar refractivity (Wildman–Crippen MR) is 124 cm³/mol. The summed E-state index contributed by atoms with van der Waals surface area (Å²) in [6.45, 7) is 5.17. The average Bonchev–Trinajstić information content (AvgIpc) is 2.79. The fraction of sp³-hybridized carbons (Fsp3) is 0.240. The van der Waals surface area contributed by atoms with Gasteiger partial charge >= 0.3 is 0 Å². The van der Waals surface area contributed by atoms with E-state index >= 15 is 0 Å². The van der Waals surface area contributed by atoms with Crippen LogP contribution >= 0.6 is 0 Å². The fourth-order valence-electron chi connectivity index (χ4n) is 3.06. The maximum Gasteiger partial charge on any atom is 0.271 e. The third-order valence-electron chi connectivity index (χ3n) is 4.52. The molecule has 3 rings (SSSR count). The number of carbonyl (C=O) groups is 1. The van der Waals surface area contributed by atoms with Crippen LogP contribution in [-0.2, 0) is 0 Å². The summed E-state index contributed by atoms with van der Waals surface area (Å²) in [5.41, 5.74) is 6.10. The van der Waals surface area contributed by atoms with E-state index in [0.717, 1.165) is 17.7 Å². The molecule has 2 aromatic carbocycles. The molecule has 0 spiro atoms. The highest BCUT2D eigenvalue weighted by Gasteiger charge is 2.06. The van der Waals surface area contributed by atoms with Gasteiger partial charge in [-0.2, -0.15) is 5.10 Å². The summed E-state index contributed by atoms with van der Waals surface area (Å²) in [7, 11) is 1.58. The first-order valence-electron chi connectivity index (χ1n) is 10.3. The maximum atomic E-state index is 12.0. The molecular weight excluding hydrogens is 406 g/mol. The predicted octanol–water partition coefficient (Wildman–Crippen LogP) is 4.32. The largest absolute Gasteiger partial charge is 0.493 e. The number of carbonyl (C=O) groups excluding carboxylic acids is 1. The van der Waals surface area contributed by atoms with Crippen LogP contribution in [0.15, 0.2) is 66.0 Å². The van der Waals surface area contributed by atoms with E-state index in [9.17, 15) is 4.79 Å². The fourth-order valence-corrected chi connectivity index (χ4v) is 3.06. The molecule has 166 valence electrons. The lowest BCUT2D eigenvalue weighted by Gasteiger charge is -2.12. The summed E-state index contributed by atoms with van der Waals surface area (Å²) >= 11 is 0. The van der Waals surface area contributed by atoms with Crippen molar-refractivity contribution in [3.8, 4) is 17.2 Å². The minimum Gasteiger partial charge on any atom is -0.493 e. The van der Waals surface area contributed by atoms with Gasteiger partial charge in [0.15, 0.2) is 11.5 Å². The topological polar surface area (TPSA) is 82.0 Å². The summed E-state index contributed by atoms with van der Waals surface area (Å²) in [4.78, 5) is 15.9. The second kappa shape index (κ2) is 11.5. The van der Waals surface area contributed by atoms with Crippen LogP contribution in [0.3, 0.4) is 0 Å². The van der Waals surface area contributed by atoms with Gasteiger partial charge in [-0.3, -0.25) is 9.78 Å². The Morgan fingerprint density at radius 2 is 1.69 bits per heavy atom. The van der Waals surface area contributed by atoms with Gasteiger partial charge in [0.25, 0.3) is 5.91 Å². The number of amides is 1. The highest BCUT2D eigenvalue weighted by Crippen LogP contribution is 2.27. The van der Waals surface area contributed by atoms with Crippen LogP contribution in [-0.4, -0.2) is 37.4 Å². The molecule has 0 radical (unpaired) electrons. The third kappa shape index (κ3) is 6.84. The number of nitrogens with one attached hydrogen (secondary N) is 1. The standard InChI is InChI=1S/C25H27N3O4/c1-18-13-19(2)15-22(14-18)31-11-4-12-32-23-6-5-20(16-24(23)30-3)17-27-28-25(29)21-7-9-26-10-8-21/h5-10,13-17H,4,11-12H2,1-3H3,(H,28,29)/b27-17+. The normalized spacial score (nSPS) is 10.7. The van der Waals surface area contributed by atoms with E-state index in [1.807, 2.05) is 24.3 Å². The van der Waals surface area contributed by atoms with Gasteiger partial charge in [0.1, 0.15) is 5.75 Å². The zero-order valence-electron chi connectivity index (χ0n) is 18.5. The number of nitrogens with zero attached hydrogens (tertiary/aromatic N) is 2. The molecule has 0 aliphatic rings. The van der Waals surface area contributed by atoms with Crippen molar-refractivity contribution < 1.29 is 19.0 Å². The van der Waals surface area contributed by atoms with Gasteiger partial charge < -0.3 is 14.2 Å². The van der Waals surface area contributed by atoms with Gasteiger partial charge in [0.2, 0.25) is 0 Å². The second-order valence-electron chi connectivity index (χ2n) is 7.22. The number of aromatic nitrogens is 1. The molecule has 1 aromatic heterocycles. The molecular formula is C25H27N3O4. The summed E-state index contributed by atoms with van der Waals surface area (Å²) in [5.74, 6) is 1.79. The number of aryl methyl sites for hydroxylation is 2. The number of methoxy groups -OCH3 is 1. The Kier molecular flexibility index (Phi) is 8.20. The molecule has 3 aromatic rings. The van der Waals surface area contributed by atoms with Crippen LogP contribution in [0.1, 0.15) is 33.5 Å². The zero-order chi connectivity index (χ0) is 22.8. The lowest BCUT2D eigenvalue weighted by molar-refractivity contribution is 0.0955. The van der Waals surface area contributed by atoms with Gasteiger partial charge in [-0.15, -0.1) is 0 Å². The van der Waals surface area contributed by atoms with E-state index in [4.69, 9.17) is 14.2 Å². The van der Waals surface area contributed by atoms with Gasteiger partial charge in [-0.05, 0) is 73.0 Å². The Balaban J connectivity index is 1.47. The SMILES string of the molecule is COc1cc(/C=N/NC(=O)c2ccncc2)ccc1OCCCOc1cc(C)cc(C)c1. The van der Waals surface area contributed by atoms with Gasteiger partial charge in [0, 0.05) is 24.4 Å². The highest BCUT2D eigenvalue weighted by molar-refractivity contribution is 5.94. The summed E-state index contributed by atoms with van der Waals surface area (Å²) in [6, 6.07) is 14.9. The van der Waals surface area contributed by atoms with Crippen LogP contribution in [0.5, 0.6) is 17.2 Å². The molecule has 0 atom stereocenters. The third-order valence-corrected chi connectivity index (χ3v) is 4.52. The van der Waals surface area contributed by atoms with E-state index in [0.29, 0.717) is 30.3 Å². The van der Waals surface area contributed by atoms with E-state index in [1.54, 1.807) is 43.9 Å². The van der Waals surface area contributed by atoms with Crippen molar-refractivity contribution in [2.45, 2.75) is 20.3 Å². The van der Waals surface area contributed by atoms with Gasteiger partial charge in [0.05, 0.1) is 26.5 Å². The average molecular weight is 434 g/mol. The Labute approximate surface area is 188 Å². The molecule has 7 heteroatoms. The highest BCUT2D eigenvalue weighted by atomic mass is 16.5. The Hall–Kier alpha value is -3.87. The van der Waals surface area contributed by atoms with Crippen LogP contribution in [0.25, 0.3) is 0 Å². The molecule has 7 nitrogen and oxygen atoms in total. The lowest BCUT2D eigenvalue weighted by Crippen LogP contribution is -2.17. The molecule has 0 aliphatic heterocycles. The maximum absolute atomic E-state index is 12.0. The number of hydrogen-bond donors (Lipinski definition) is 1. The molecule has 1 heterocycles. The molecule has 0 aliphatic carbocycles. The van der Waals surface area contributed by atoms with Crippen molar-refractivity contribution in [2.75, 3.05) is 20.3 Å². The first-order valence-corrected chi connectivity index (χ1v) is 10.3. The first-order chi connectivity index (χ1) is 15.5. The minimum atomic E-state index is -0.307. The van der Waals surface area contributed by atoms with Gasteiger partial charge in [-0.25, -0.2) is 5.43 Å². The Bertz CT molecular complexity index is 1050. The van der Waals surface area contributed by atoms with Crippen LogP contribution < -0.4 is 19.6 Å². The number of ether oxygens (including phenoxy) is 3. The molecule has 1 amide bonds. The summed E-state index contributed by atoms with van der Waals surface area (Å²) in [5, 5.41) is 3.99.